The average molecular weight is 257 g/mol. The molecule has 1 aliphatic rings. The van der Waals surface area contributed by atoms with Crippen LogP contribution in [0.15, 0.2) is 22.9 Å². The van der Waals surface area contributed by atoms with E-state index in [0.29, 0.717) is 0 Å². The summed E-state index contributed by atoms with van der Waals surface area (Å²) in [6.45, 7) is 2.04. The molecule has 4 heteroatoms. The number of ether oxygens (including phenoxy) is 1. The summed E-state index contributed by atoms with van der Waals surface area (Å²) in [6, 6.07) is 3.82. The lowest BCUT2D eigenvalue weighted by molar-refractivity contribution is 0.165. The quantitative estimate of drug-likeness (QED) is 0.822. The van der Waals surface area contributed by atoms with Gasteiger partial charge >= 0.3 is 0 Å². The van der Waals surface area contributed by atoms with E-state index in [1.165, 1.54) is 6.42 Å². The monoisotopic (exact) mass is 256 g/mol. The normalized spacial score (nSPS) is 21.9. The number of piperidine rings is 1. The Morgan fingerprint density at radius 1 is 1.57 bits per heavy atom. The van der Waals surface area contributed by atoms with Crippen molar-refractivity contribution in [2.24, 2.45) is 0 Å². The molecule has 1 N–H and O–H groups in total. The molecule has 76 valence electrons. The van der Waals surface area contributed by atoms with Crippen LogP contribution in [0.5, 0.6) is 5.75 Å². The van der Waals surface area contributed by atoms with E-state index in [1.54, 1.807) is 6.20 Å². The summed E-state index contributed by atoms with van der Waals surface area (Å²) in [5.74, 6) is 0.834. The zero-order valence-corrected chi connectivity index (χ0v) is 9.46. The minimum Gasteiger partial charge on any atom is -0.486 e. The molecular weight excluding hydrogens is 244 g/mol. The van der Waals surface area contributed by atoms with Crippen molar-refractivity contribution < 1.29 is 4.74 Å². The van der Waals surface area contributed by atoms with Crippen molar-refractivity contribution in [3.8, 4) is 5.75 Å². The highest BCUT2D eigenvalue weighted by molar-refractivity contribution is 9.10. The largest absolute Gasteiger partial charge is 0.486 e. The predicted octanol–water partition coefficient (Wildman–Crippen LogP) is 1.97. The van der Waals surface area contributed by atoms with Crippen molar-refractivity contribution in [2.75, 3.05) is 13.1 Å². The Morgan fingerprint density at radius 2 is 2.50 bits per heavy atom. The van der Waals surface area contributed by atoms with Gasteiger partial charge in [-0.1, -0.05) is 0 Å². The van der Waals surface area contributed by atoms with Gasteiger partial charge in [0.2, 0.25) is 0 Å². The van der Waals surface area contributed by atoms with E-state index in [0.717, 1.165) is 29.9 Å². The number of pyridine rings is 1. The van der Waals surface area contributed by atoms with Gasteiger partial charge in [-0.2, -0.15) is 0 Å². The molecule has 0 radical (unpaired) electrons. The van der Waals surface area contributed by atoms with Crippen LogP contribution in [0.2, 0.25) is 0 Å². The smallest absolute Gasteiger partial charge is 0.152 e. The van der Waals surface area contributed by atoms with Crippen LogP contribution in [-0.2, 0) is 0 Å². The number of hydrogen-bond acceptors (Lipinski definition) is 3. The van der Waals surface area contributed by atoms with Gasteiger partial charge in [0.15, 0.2) is 5.75 Å². The second-order valence-corrected chi connectivity index (χ2v) is 4.13. The Kier molecular flexibility index (Phi) is 3.37. The van der Waals surface area contributed by atoms with E-state index in [1.807, 2.05) is 12.1 Å². The van der Waals surface area contributed by atoms with Crippen LogP contribution in [-0.4, -0.2) is 24.2 Å². The first-order chi connectivity index (χ1) is 6.86. The van der Waals surface area contributed by atoms with Crippen molar-refractivity contribution in [2.45, 2.75) is 18.9 Å². The lowest BCUT2D eigenvalue weighted by Gasteiger charge is -2.24. The van der Waals surface area contributed by atoms with E-state index in [4.69, 9.17) is 4.74 Å². The lowest BCUT2D eigenvalue weighted by Crippen LogP contribution is -2.37. The standard InChI is InChI=1S/C10H13BrN2O/c11-10-9(4-2-6-13-10)14-8-3-1-5-12-7-8/h2,4,6,8,12H,1,3,5,7H2. The molecule has 1 aromatic heterocycles. The topological polar surface area (TPSA) is 34.1 Å². The number of nitrogens with one attached hydrogen (secondary N) is 1. The molecule has 2 rings (SSSR count). The van der Waals surface area contributed by atoms with Crippen LogP contribution >= 0.6 is 15.9 Å². The zero-order chi connectivity index (χ0) is 9.80. The molecule has 2 heterocycles. The average Bonchev–Trinajstić information content (AvgIpc) is 2.23. The van der Waals surface area contributed by atoms with Crippen LogP contribution in [0.4, 0.5) is 0 Å². The summed E-state index contributed by atoms with van der Waals surface area (Å²) in [4.78, 5) is 4.12. The SMILES string of the molecule is Brc1ncccc1OC1CCCNC1. The number of aromatic nitrogens is 1. The maximum atomic E-state index is 5.81. The van der Waals surface area contributed by atoms with Crippen LogP contribution in [0.1, 0.15) is 12.8 Å². The zero-order valence-electron chi connectivity index (χ0n) is 7.87. The number of hydrogen-bond donors (Lipinski definition) is 1. The van der Waals surface area contributed by atoms with Gasteiger partial charge in [0.25, 0.3) is 0 Å². The third kappa shape index (κ3) is 2.45. The fourth-order valence-corrected chi connectivity index (χ4v) is 1.90. The molecule has 1 aliphatic heterocycles. The molecule has 0 amide bonds. The minimum absolute atomic E-state index is 0.282. The summed E-state index contributed by atoms with van der Waals surface area (Å²) in [5, 5.41) is 3.31. The molecule has 0 spiro atoms. The van der Waals surface area contributed by atoms with E-state index < -0.39 is 0 Å². The molecule has 14 heavy (non-hydrogen) atoms. The van der Waals surface area contributed by atoms with Gasteiger partial charge in [-0.15, -0.1) is 0 Å². The molecule has 1 atom stereocenters. The van der Waals surface area contributed by atoms with Gasteiger partial charge in [0.05, 0.1) is 0 Å². The molecule has 0 aliphatic carbocycles. The van der Waals surface area contributed by atoms with Crippen LogP contribution in [0.3, 0.4) is 0 Å². The highest BCUT2D eigenvalue weighted by Crippen LogP contribution is 2.23. The van der Waals surface area contributed by atoms with Crippen LogP contribution in [0.25, 0.3) is 0 Å². The van der Waals surface area contributed by atoms with Gasteiger partial charge in [0, 0.05) is 12.7 Å². The Bertz CT molecular complexity index is 300. The minimum atomic E-state index is 0.282. The second-order valence-electron chi connectivity index (χ2n) is 3.38. The maximum absolute atomic E-state index is 5.81. The number of rotatable bonds is 2. The Hall–Kier alpha value is -0.610. The molecular formula is C10H13BrN2O. The third-order valence-corrected chi connectivity index (χ3v) is 2.87. The first-order valence-corrected chi connectivity index (χ1v) is 5.63. The fourth-order valence-electron chi connectivity index (χ4n) is 1.56. The molecule has 0 bridgehead atoms. The predicted molar refractivity (Wildman–Crippen MR) is 58.5 cm³/mol. The van der Waals surface area contributed by atoms with E-state index in [-0.39, 0.29) is 6.10 Å². The first kappa shape index (κ1) is 9.93. The molecule has 0 aromatic carbocycles. The van der Waals surface area contributed by atoms with Gasteiger partial charge in [-0.3, -0.25) is 0 Å². The van der Waals surface area contributed by atoms with E-state index in [9.17, 15) is 0 Å². The molecule has 0 saturated carbocycles. The summed E-state index contributed by atoms with van der Waals surface area (Å²) in [6.07, 6.45) is 4.33. The first-order valence-electron chi connectivity index (χ1n) is 4.84. The fraction of sp³-hybridized carbons (Fsp3) is 0.500. The van der Waals surface area contributed by atoms with Gasteiger partial charge in [-0.05, 0) is 47.4 Å². The summed E-state index contributed by atoms with van der Waals surface area (Å²) in [7, 11) is 0. The Morgan fingerprint density at radius 3 is 3.21 bits per heavy atom. The van der Waals surface area contributed by atoms with Gasteiger partial charge in [0.1, 0.15) is 10.7 Å². The summed E-state index contributed by atoms with van der Waals surface area (Å²) < 4.78 is 6.60. The van der Waals surface area contributed by atoms with Crippen molar-refractivity contribution in [3.05, 3.63) is 22.9 Å². The summed E-state index contributed by atoms with van der Waals surface area (Å²) in [5.41, 5.74) is 0. The Balaban J connectivity index is 1.99. The van der Waals surface area contributed by atoms with E-state index in [2.05, 4.69) is 26.2 Å². The van der Waals surface area contributed by atoms with Crippen molar-refractivity contribution in [1.29, 1.82) is 0 Å². The van der Waals surface area contributed by atoms with Crippen LogP contribution < -0.4 is 10.1 Å². The summed E-state index contributed by atoms with van der Waals surface area (Å²) >= 11 is 3.37. The number of nitrogens with zero attached hydrogens (tertiary/aromatic N) is 1. The van der Waals surface area contributed by atoms with E-state index >= 15 is 0 Å². The Labute approximate surface area is 92.0 Å². The molecule has 1 saturated heterocycles. The van der Waals surface area contributed by atoms with Crippen molar-refractivity contribution in [3.63, 3.8) is 0 Å². The maximum Gasteiger partial charge on any atom is 0.152 e. The van der Waals surface area contributed by atoms with Crippen molar-refractivity contribution in [1.82, 2.24) is 10.3 Å². The number of halogens is 1. The highest BCUT2D eigenvalue weighted by Gasteiger charge is 2.15. The van der Waals surface area contributed by atoms with Gasteiger partial charge < -0.3 is 10.1 Å². The van der Waals surface area contributed by atoms with Crippen molar-refractivity contribution >= 4 is 15.9 Å². The third-order valence-electron chi connectivity index (χ3n) is 2.27. The highest BCUT2D eigenvalue weighted by atomic mass is 79.9. The molecule has 1 fully saturated rings. The molecule has 3 nitrogen and oxygen atoms in total. The van der Waals surface area contributed by atoms with Gasteiger partial charge in [-0.25, -0.2) is 4.98 Å². The molecule has 1 unspecified atom stereocenters. The molecule has 1 aromatic rings. The van der Waals surface area contributed by atoms with Crippen LogP contribution in [0, 0.1) is 0 Å². The lowest BCUT2D eigenvalue weighted by atomic mass is 10.1. The second kappa shape index (κ2) is 4.75.